The highest BCUT2D eigenvalue weighted by Gasteiger charge is 2.16. The summed E-state index contributed by atoms with van der Waals surface area (Å²) in [5.74, 6) is 1.14. The Balaban J connectivity index is 1.80. The van der Waals surface area contributed by atoms with Gasteiger partial charge in [0.1, 0.15) is 11.6 Å². The van der Waals surface area contributed by atoms with E-state index in [4.69, 9.17) is 44.9 Å². The Morgan fingerprint density at radius 1 is 1.00 bits per heavy atom. The number of thiocarbonyl (C=S) groups is 1. The molecule has 6 heteroatoms. The first-order valence-corrected chi connectivity index (χ1v) is 10.2. The molecule has 0 saturated carbocycles. The SMILES string of the molecule is COc1cccc(C(=S)NCc2cccc(C)c2)c1OCc1c(Cl)cccc1Cl. The van der Waals surface area contributed by atoms with Gasteiger partial charge in [0.05, 0.1) is 12.7 Å². The summed E-state index contributed by atoms with van der Waals surface area (Å²) >= 11 is 18.2. The highest BCUT2D eigenvalue weighted by molar-refractivity contribution is 7.80. The maximum Gasteiger partial charge on any atom is 0.171 e. The van der Waals surface area contributed by atoms with Crippen molar-refractivity contribution in [3.05, 3.63) is 93.0 Å². The van der Waals surface area contributed by atoms with Crippen LogP contribution in [0.1, 0.15) is 22.3 Å². The van der Waals surface area contributed by atoms with Gasteiger partial charge < -0.3 is 14.8 Å². The second-order valence-corrected chi connectivity index (χ2v) is 7.72. The van der Waals surface area contributed by atoms with Crippen molar-refractivity contribution in [3.63, 3.8) is 0 Å². The van der Waals surface area contributed by atoms with E-state index in [0.717, 1.165) is 11.1 Å². The predicted molar refractivity (Wildman–Crippen MR) is 124 cm³/mol. The number of nitrogens with one attached hydrogen (secondary N) is 1. The van der Waals surface area contributed by atoms with Crippen molar-refractivity contribution < 1.29 is 9.47 Å². The average molecular weight is 446 g/mol. The van der Waals surface area contributed by atoms with Gasteiger partial charge in [-0.2, -0.15) is 0 Å². The van der Waals surface area contributed by atoms with Gasteiger partial charge in [-0.3, -0.25) is 0 Å². The average Bonchev–Trinajstić information content (AvgIpc) is 2.71. The van der Waals surface area contributed by atoms with Crippen molar-refractivity contribution in [3.8, 4) is 11.5 Å². The number of hydrogen-bond donors (Lipinski definition) is 1. The largest absolute Gasteiger partial charge is 0.493 e. The summed E-state index contributed by atoms with van der Waals surface area (Å²) in [7, 11) is 1.59. The summed E-state index contributed by atoms with van der Waals surface area (Å²) in [4.78, 5) is 0.575. The third-order valence-corrected chi connectivity index (χ3v) is 5.47. The molecule has 3 aromatic carbocycles. The standard InChI is InChI=1S/C23H21Cl2NO2S/c1-15-6-3-7-16(12-15)13-26-23(29)17-8-4-11-21(27-2)22(17)28-14-18-19(24)9-5-10-20(18)25/h3-12H,13-14H2,1-2H3,(H,26,29). The highest BCUT2D eigenvalue weighted by Crippen LogP contribution is 2.34. The van der Waals surface area contributed by atoms with Crippen molar-refractivity contribution in [1.82, 2.24) is 5.32 Å². The van der Waals surface area contributed by atoms with Crippen LogP contribution in [0.3, 0.4) is 0 Å². The van der Waals surface area contributed by atoms with Crippen LogP contribution in [-0.4, -0.2) is 12.1 Å². The summed E-state index contributed by atoms with van der Waals surface area (Å²) in [5.41, 5.74) is 3.82. The van der Waals surface area contributed by atoms with E-state index in [-0.39, 0.29) is 6.61 Å². The molecular weight excluding hydrogens is 425 g/mol. The topological polar surface area (TPSA) is 30.5 Å². The molecule has 0 aromatic heterocycles. The second kappa shape index (κ2) is 9.97. The number of aryl methyl sites for hydroxylation is 1. The van der Waals surface area contributed by atoms with Crippen molar-refractivity contribution >= 4 is 40.4 Å². The van der Waals surface area contributed by atoms with Crippen molar-refractivity contribution in [2.24, 2.45) is 0 Å². The minimum absolute atomic E-state index is 0.201. The van der Waals surface area contributed by atoms with E-state index in [0.29, 0.717) is 38.6 Å². The Labute approximate surface area is 186 Å². The monoisotopic (exact) mass is 445 g/mol. The molecule has 150 valence electrons. The Morgan fingerprint density at radius 2 is 1.69 bits per heavy atom. The first kappa shape index (κ1) is 21.4. The molecule has 0 atom stereocenters. The fourth-order valence-electron chi connectivity index (χ4n) is 2.92. The van der Waals surface area contributed by atoms with Gasteiger partial charge in [0.2, 0.25) is 0 Å². The zero-order valence-electron chi connectivity index (χ0n) is 16.2. The van der Waals surface area contributed by atoms with Crippen molar-refractivity contribution in [2.75, 3.05) is 7.11 Å². The summed E-state index contributed by atoms with van der Waals surface area (Å²) in [6.45, 7) is 2.88. The van der Waals surface area contributed by atoms with E-state index in [1.54, 1.807) is 25.3 Å². The Bertz CT molecular complexity index is 1000. The maximum absolute atomic E-state index is 6.27. The number of para-hydroxylation sites is 1. The van der Waals surface area contributed by atoms with E-state index >= 15 is 0 Å². The molecule has 0 saturated heterocycles. The third-order valence-electron chi connectivity index (χ3n) is 4.40. The summed E-state index contributed by atoms with van der Waals surface area (Å²) in [6.07, 6.45) is 0. The van der Waals surface area contributed by atoms with E-state index in [1.165, 1.54) is 5.56 Å². The molecular formula is C23H21Cl2NO2S. The van der Waals surface area contributed by atoms with Crippen LogP contribution in [0, 0.1) is 6.92 Å². The van der Waals surface area contributed by atoms with Crippen LogP contribution in [0.5, 0.6) is 11.5 Å². The van der Waals surface area contributed by atoms with Crippen molar-refractivity contribution in [1.29, 1.82) is 0 Å². The number of rotatable bonds is 7. The van der Waals surface area contributed by atoms with Crippen LogP contribution in [-0.2, 0) is 13.2 Å². The van der Waals surface area contributed by atoms with Crippen LogP contribution in [0.15, 0.2) is 60.7 Å². The zero-order valence-corrected chi connectivity index (χ0v) is 18.5. The van der Waals surface area contributed by atoms with Gasteiger partial charge in [0, 0.05) is 22.2 Å². The molecule has 0 unspecified atom stereocenters. The summed E-state index contributed by atoms with van der Waals surface area (Å²) in [5, 5.41) is 4.40. The molecule has 29 heavy (non-hydrogen) atoms. The molecule has 0 aliphatic heterocycles. The molecule has 3 aromatic rings. The normalized spacial score (nSPS) is 10.5. The van der Waals surface area contributed by atoms with Gasteiger partial charge in [-0.1, -0.05) is 77.4 Å². The van der Waals surface area contributed by atoms with Crippen LogP contribution >= 0.6 is 35.4 Å². The molecule has 0 aliphatic carbocycles. The molecule has 3 nitrogen and oxygen atoms in total. The third kappa shape index (κ3) is 5.41. The fraction of sp³-hybridized carbons (Fsp3) is 0.174. The fourth-order valence-corrected chi connectivity index (χ4v) is 3.66. The Hall–Kier alpha value is -2.27. The lowest BCUT2D eigenvalue weighted by Gasteiger charge is -2.17. The number of halogens is 2. The first-order valence-electron chi connectivity index (χ1n) is 9.06. The lowest BCUT2D eigenvalue weighted by molar-refractivity contribution is 0.284. The number of ether oxygens (including phenoxy) is 2. The first-order chi connectivity index (χ1) is 14.0. The van der Waals surface area contributed by atoms with Crippen LogP contribution in [0.25, 0.3) is 0 Å². The summed E-state index contributed by atoms with van der Waals surface area (Å²) in [6, 6.07) is 19.2. The van der Waals surface area contributed by atoms with Gasteiger partial charge in [-0.05, 0) is 36.8 Å². The van der Waals surface area contributed by atoms with Gasteiger partial charge >= 0.3 is 0 Å². The van der Waals surface area contributed by atoms with Crippen LogP contribution < -0.4 is 14.8 Å². The Morgan fingerprint density at radius 3 is 2.38 bits per heavy atom. The molecule has 0 spiro atoms. The van der Waals surface area contributed by atoms with Gasteiger partial charge in [0.25, 0.3) is 0 Å². The minimum Gasteiger partial charge on any atom is -0.493 e. The van der Waals surface area contributed by atoms with E-state index in [2.05, 4.69) is 30.4 Å². The molecule has 1 N–H and O–H groups in total. The van der Waals surface area contributed by atoms with Crippen molar-refractivity contribution in [2.45, 2.75) is 20.1 Å². The smallest absolute Gasteiger partial charge is 0.171 e. The molecule has 0 fully saturated rings. The molecule has 0 aliphatic rings. The molecule has 0 bridgehead atoms. The second-order valence-electron chi connectivity index (χ2n) is 6.50. The lowest BCUT2D eigenvalue weighted by atomic mass is 10.1. The minimum atomic E-state index is 0.201. The molecule has 0 radical (unpaired) electrons. The van der Waals surface area contributed by atoms with E-state index in [1.807, 2.05) is 24.3 Å². The molecule has 0 heterocycles. The zero-order chi connectivity index (χ0) is 20.8. The van der Waals surface area contributed by atoms with Gasteiger partial charge in [-0.15, -0.1) is 0 Å². The van der Waals surface area contributed by atoms with Gasteiger partial charge in [0.15, 0.2) is 11.5 Å². The van der Waals surface area contributed by atoms with Gasteiger partial charge in [-0.25, -0.2) is 0 Å². The Kier molecular flexibility index (Phi) is 7.37. The lowest BCUT2D eigenvalue weighted by Crippen LogP contribution is -2.22. The number of hydrogen-bond acceptors (Lipinski definition) is 3. The highest BCUT2D eigenvalue weighted by atomic mass is 35.5. The number of benzene rings is 3. The molecule has 0 amide bonds. The predicted octanol–water partition coefficient (Wildman–Crippen LogP) is 6.35. The number of methoxy groups -OCH3 is 1. The van der Waals surface area contributed by atoms with E-state index < -0.39 is 0 Å². The summed E-state index contributed by atoms with van der Waals surface area (Å²) < 4.78 is 11.6. The van der Waals surface area contributed by atoms with Crippen LogP contribution in [0.4, 0.5) is 0 Å². The van der Waals surface area contributed by atoms with E-state index in [9.17, 15) is 0 Å². The maximum atomic E-state index is 6.27. The quantitative estimate of drug-likeness (QED) is 0.428. The van der Waals surface area contributed by atoms with Crippen LogP contribution in [0.2, 0.25) is 10.0 Å². The molecule has 3 rings (SSSR count).